The van der Waals surface area contributed by atoms with E-state index in [-0.39, 0.29) is 5.69 Å². The number of hydrogen-bond acceptors (Lipinski definition) is 5. The Hall–Kier alpha value is -2.46. The molecule has 7 nitrogen and oxygen atoms in total. The van der Waals surface area contributed by atoms with Gasteiger partial charge in [0.25, 0.3) is 5.91 Å². The molecule has 0 unspecified atom stereocenters. The highest BCUT2D eigenvalue weighted by Gasteiger charge is 2.15. The number of carbonyl (C=O) groups is 2. The zero-order valence-electron chi connectivity index (χ0n) is 8.62. The minimum Gasteiger partial charge on any atom is -0.479 e. The summed E-state index contributed by atoms with van der Waals surface area (Å²) in [5.74, 6) is -2.03. The number of pyridine rings is 1. The number of hydrogen-bond donors (Lipinski definition) is 3. The van der Waals surface area contributed by atoms with Crippen molar-refractivity contribution < 1.29 is 19.8 Å². The number of carboxylic acids is 1. The fraction of sp³-hybridized carbons (Fsp3) is 0.200. The van der Waals surface area contributed by atoms with E-state index in [1.165, 1.54) is 18.3 Å². The van der Waals surface area contributed by atoms with E-state index in [0.29, 0.717) is 5.56 Å². The van der Waals surface area contributed by atoms with E-state index in [1.54, 1.807) is 0 Å². The second kappa shape index (κ2) is 5.58. The zero-order chi connectivity index (χ0) is 12.8. The summed E-state index contributed by atoms with van der Waals surface area (Å²) in [6.45, 7) is -0.407. The van der Waals surface area contributed by atoms with Crippen molar-refractivity contribution in [2.24, 2.45) is 0 Å². The Kier molecular flexibility index (Phi) is 4.14. The smallest absolute Gasteiger partial charge is 0.334 e. The highest BCUT2D eigenvalue weighted by atomic mass is 16.4. The number of aliphatic carboxylic acids is 1. The summed E-state index contributed by atoms with van der Waals surface area (Å²) in [5.41, 5.74) is 0.355. The van der Waals surface area contributed by atoms with Gasteiger partial charge in [-0.3, -0.25) is 4.79 Å². The third kappa shape index (κ3) is 3.55. The Morgan fingerprint density at radius 1 is 1.53 bits per heavy atom. The molecule has 0 saturated carbocycles. The predicted octanol–water partition coefficient (Wildman–Crippen LogP) is -0.871. The monoisotopic (exact) mass is 235 g/mol. The third-order valence-electron chi connectivity index (χ3n) is 1.87. The SMILES string of the molecule is N#Cc1ccc(C(=O)NC[C@H](O)C(=O)O)nc1. The first-order valence-electron chi connectivity index (χ1n) is 4.60. The van der Waals surface area contributed by atoms with Crippen LogP contribution in [0.5, 0.6) is 0 Å². The van der Waals surface area contributed by atoms with Gasteiger partial charge in [0.05, 0.1) is 12.1 Å². The second-order valence-corrected chi connectivity index (χ2v) is 3.11. The number of nitrogens with one attached hydrogen (secondary N) is 1. The molecule has 0 bridgehead atoms. The van der Waals surface area contributed by atoms with Crippen molar-refractivity contribution in [2.45, 2.75) is 6.10 Å². The summed E-state index contributed by atoms with van der Waals surface area (Å²) in [5, 5.41) is 28.0. The van der Waals surface area contributed by atoms with Crippen molar-refractivity contribution in [1.29, 1.82) is 5.26 Å². The van der Waals surface area contributed by atoms with Crippen LogP contribution in [0.2, 0.25) is 0 Å². The average Bonchev–Trinajstić information content (AvgIpc) is 2.35. The molecule has 1 heterocycles. The lowest BCUT2D eigenvalue weighted by Crippen LogP contribution is -2.36. The fourth-order valence-corrected chi connectivity index (χ4v) is 0.962. The molecule has 1 atom stereocenters. The van der Waals surface area contributed by atoms with E-state index in [1.807, 2.05) is 6.07 Å². The molecule has 1 amide bonds. The van der Waals surface area contributed by atoms with Crippen LogP contribution in [0.3, 0.4) is 0 Å². The number of aliphatic hydroxyl groups excluding tert-OH is 1. The molecule has 0 aliphatic rings. The number of carbonyl (C=O) groups excluding carboxylic acids is 1. The molecular formula is C10H9N3O4. The maximum atomic E-state index is 11.4. The van der Waals surface area contributed by atoms with Gasteiger partial charge in [-0.1, -0.05) is 0 Å². The van der Waals surface area contributed by atoms with E-state index >= 15 is 0 Å². The van der Waals surface area contributed by atoms with Crippen molar-refractivity contribution in [3.05, 3.63) is 29.6 Å². The average molecular weight is 235 g/mol. The first-order valence-corrected chi connectivity index (χ1v) is 4.60. The Bertz CT molecular complexity index is 463. The molecule has 0 aliphatic carbocycles. The second-order valence-electron chi connectivity index (χ2n) is 3.11. The van der Waals surface area contributed by atoms with Crippen molar-refractivity contribution in [3.63, 3.8) is 0 Å². The number of amides is 1. The van der Waals surface area contributed by atoms with Crippen molar-refractivity contribution in [1.82, 2.24) is 10.3 Å². The van der Waals surface area contributed by atoms with Crippen LogP contribution in [-0.2, 0) is 4.79 Å². The van der Waals surface area contributed by atoms with Gasteiger partial charge in [0.1, 0.15) is 11.8 Å². The van der Waals surface area contributed by atoms with Crippen molar-refractivity contribution in [2.75, 3.05) is 6.54 Å². The van der Waals surface area contributed by atoms with Gasteiger partial charge >= 0.3 is 5.97 Å². The topological polar surface area (TPSA) is 123 Å². The number of rotatable bonds is 4. The van der Waals surface area contributed by atoms with Gasteiger partial charge in [-0.2, -0.15) is 5.26 Å². The molecule has 7 heteroatoms. The standard InChI is InChI=1S/C10H9N3O4/c11-3-6-1-2-7(12-4-6)9(15)13-5-8(14)10(16)17/h1-2,4,8,14H,5H2,(H,13,15)(H,16,17)/t8-/m0/s1. The normalized spacial score (nSPS) is 11.3. The molecule has 0 radical (unpaired) electrons. The zero-order valence-corrected chi connectivity index (χ0v) is 8.62. The molecule has 0 aliphatic heterocycles. The molecule has 1 aromatic rings. The predicted molar refractivity (Wildman–Crippen MR) is 54.9 cm³/mol. The van der Waals surface area contributed by atoms with Crippen LogP contribution in [0.4, 0.5) is 0 Å². The molecule has 1 rings (SSSR count). The summed E-state index contributed by atoms with van der Waals surface area (Å²) in [6, 6.07) is 4.59. The van der Waals surface area contributed by atoms with E-state index in [4.69, 9.17) is 15.5 Å². The highest BCUT2D eigenvalue weighted by molar-refractivity contribution is 5.92. The van der Waals surface area contributed by atoms with Gasteiger partial charge in [-0.25, -0.2) is 9.78 Å². The summed E-state index contributed by atoms with van der Waals surface area (Å²) >= 11 is 0. The van der Waals surface area contributed by atoms with Crippen LogP contribution in [0.1, 0.15) is 16.1 Å². The van der Waals surface area contributed by atoms with E-state index in [2.05, 4.69) is 10.3 Å². The first-order chi connectivity index (χ1) is 8.04. The Labute approximate surface area is 96.3 Å². The van der Waals surface area contributed by atoms with E-state index in [9.17, 15) is 9.59 Å². The number of nitriles is 1. The molecule has 0 aromatic carbocycles. The van der Waals surface area contributed by atoms with Crippen molar-refractivity contribution in [3.8, 4) is 6.07 Å². The van der Waals surface area contributed by atoms with E-state index < -0.39 is 24.5 Å². The van der Waals surface area contributed by atoms with E-state index in [0.717, 1.165) is 0 Å². The molecular weight excluding hydrogens is 226 g/mol. The lowest BCUT2D eigenvalue weighted by atomic mass is 10.2. The van der Waals surface area contributed by atoms with Crippen LogP contribution in [0.15, 0.2) is 18.3 Å². The van der Waals surface area contributed by atoms with Crippen LogP contribution in [0.25, 0.3) is 0 Å². The van der Waals surface area contributed by atoms with Gasteiger partial charge in [0.15, 0.2) is 6.10 Å². The van der Waals surface area contributed by atoms with Crippen LogP contribution < -0.4 is 5.32 Å². The summed E-state index contributed by atoms with van der Waals surface area (Å²) in [4.78, 5) is 25.4. The molecule has 0 fully saturated rings. The lowest BCUT2D eigenvalue weighted by Gasteiger charge is -2.06. The van der Waals surface area contributed by atoms with Crippen LogP contribution in [-0.4, -0.2) is 39.7 Å². The minimum absolute atomic E-state index is 0.0431. The molecule has 0 spiro atoms. The van der Waals surface area contributed by atoms with Crippen molar-refractivity contribution >= 4 is 11.9 Å². The van der Waals surface area contributed by atoms with Crippen LogP contribution >= 0.6 is 0 Å². The maximum absolute atomic E-state index is 11.4. The maximum Gasteiger partial charge on any atom is 0.334 e. The quantitative estimate of drug-likeness (QED) is 0.623. The van der Waals surface area contributed by atoms with Gasteiger partial charge in [0, 0.05) is 6.20 Å². The third-order valence-corrected chi connectivity index (χ3v) is 1.87. The number of carboxylic acid groups (broad SMARTS) is 1. The van der Waals surface area contributed by atoms with Gasteiger partial charge in [-0.15, -0.1) is 0 Å². The van der Waals surface area contributed by atoms with Gasteiger partial charge < -0.3 is 15.5 Å². The van der Waals surface area contributed by atoms with Gasteiger partial charge in [-0.05, 0) is 12.1 Å². The summed E-state index contributed by atoms with van der Waals surface area (Å²) in [6.07, 6.45) is -0.431. The first kappa shape index (κ1) is 12.6. The lowest BCUT2D eigenvalue weighted by molar-refractivity contribution is -0.146. The highest BCUT2D eigenvalue weighted by Crippen LogP contribution is 1.98. The molecule has 17 heavy (non-hydrogen) atoms. The number of nitrogens with zero attached hydrogens (tertiary/aromatic N) is 2. The molecule has 3 N–H and O–H groups in total. The summed E-state index contributed by atoms with van der Waals surface area (Å²) in [7, 11) is 0. The molecule has 1 aromatic heterocycles. The largest absolute Gasteiger partial charge is 0.479 e. The van der Waals surface area contributed by atoms with Crippen LogP contribution in [0, 0.1) is 11.3 Å². The van der Waals surface area contributed by atoms with Gasteiger partial charge in [0.2, 0.25) is 0 Å². The number of aliphatic hydroxyl groups is 1. The molecule has 88 valence electrons. The Balaban J connectivity index is 2.58. The minimum atomic E-state index is -1.66. The fourth-order valence-electron chi connectivity index (χ4n) is 0.962. The Morgan fingerprint density at radius 3 is 2.71 bits per heavy atom. The number of aromatic nitrogens is 1. The Morgan fingerprint density at radius 2 is 2.24 bits per heavy atom. The molecule has 0 saturated heterocycles. The summed E-state index contributed by atoms with van der Waals surface area (Å²) < 4.78 is 0.